The number of carbonyl (C=O) groups is 1. The highest BCUT2D eigenvalue weighted by Gasteiger charge is 2.54. The van der Waals surface area contributed by atoms with Crippen LogP contribution in [0.3, 0.4) is 0 Å². The molecule has 0 bridgehead atoms. The number of hydrogen-bond donors (Lipinski definition) is 1. The molecule has 4 atom stereocenters. The Morgan fingerprint density at radius 3 is 2.76 bits per heavy atom. The van der Waals surface area contributed by atoms with Gasteiger partial charge in [-0.3, -0.25) is 10.1 Å². The van der Waals surface area contributed by atoms with Crippen LogP contribution in [0, 0.1) is 5.92 Å². The van der Waals surface area contributed by atoms with E-state index < -0.39 is 5.54 Å². The molecule has 21 heavy (non-hydrogen) atoms. The molecule has 3 rings (SSSR count). The number of nitrogens with one attached hydrogen (secondary N) is 1. The summed E-state index contributed by atoms with van der Waals surface area (Å²) in [6.07, 6.45) is 1.85. The molecular weight excluding hydrogens is 264 g/mol. The Hall–Kier alpha value is -1.55. The molecule has 1 aliphatic heterocycles. The first-order valence-electron chi connectivity index (χ1n) is 7.74. The first-order chi connectivity index (χ1) is 10.00. The molecule has 0 aromatic heterocycles. The highest BCUT2D eigenvalue weighted by Crippen LogP contribution is 2.44. The molecule has 1 saturated heterocycles. The van der Waals surface area contributed by atoms with E-state index >= 15 is 0 Å². The third-order valence-corrected chi connectivity index (χ3v) is 4.98. The van der Waals surface area contributed by atoms with Gasteiger partial charge in [-0.1, -0.05) is 26.0 Å². The summed E-state index contributed by atoms with van der Waals surface area (Å²) >= 11 is 0. The SMILES string of the molecule is CCC1(C)NC(c2cccc(OC)c2)N(C2CC2C)C1=O. The van der Waals surface area contributed by atoms with Crippen LogP contribution in [0.1, 0.15) is 45.3 Å². The second kappa shape index (κ2) is 5.02. The number of nitrogens with zero attached hydrogens (tertiary/aromatic N) is 1. The van der Waals surface area contributed by atoms with E-state index in [1.165, 1.54) is 0 Å². The molecule has 1 saturated carbocycles. The Balaban J connectivity index is 1.96. The van der Waals surface area contributed by atoms with Crippen molar-refractivity contribution in [2.24, 2.45) is 5.92 Å². The van der Waals surface area contributed by atoms with E-state index in [0.29, 0.717) is 12.0 Å². The summed E-state index contributed by atoms with van der Waals surface area (Å²) in [4.78, 5) is 14.9. The molecule has 2 fully saturated rings. The van der Waals surface area contributed by atoms with Gasteiger partial charge in [0.1, 0.15) is 11.9 Å². The third kappa shape index (κ3) is 2.31. The molecule has 1 aromatic carbocycles. The summed E-state index contributed by atoms with van der Waals surface area (Å²) in [5.41, 5.74) is 0.634. The van der Waals surface area contributed by atoms with Crippen molar-refractivity contribution < 1.29 is 9.53 Å². The van der Waals surface area contributed by atoms with Crippen molar-refractivity contribution in [2.45, 2.75) is 51.4 Å². The number of carbonyl (C=O) groups excluding carboxylic acids is 1. The van der Waals surface area contributed by atoms with Crippen LogP contribution in [0.5, 0.6) is 5.75 Å². The van der Waals surface area contributed by atoms with E-state index in [1.54, 1.807) is 7.11 Å². The van der Waals surface area contributed by atoms with Gasteiger partial charge < -0.3 is 9.64 Å². The van der Waals surface area contributed by atoms with Crippen LogP contribution in [0.25, 0.3) is 0 Å². The van der Waals surface area contributed by atoms with E-state index in [1.807, 2.05) is 25.1 Å². The second-order valence-corrected chi connectivity index (χ2v) is 6.50. The quantitative estimate of drug-likeness (QED) is 0.926. The number of ether oxygens (including phenoxy) is 1. The minimum absolute atomic E-state index is 0.0486. The average molecular weight is 288 g/mol. The summed E-state index contributed by atoms with van der Waals surface area (Å²) in [7, 11) is 1.67. The molecule has 0 radical (unpaired) electrons. The number of benzene rings is 1. The molecule has 1 aromatic rings. The van der Waals surface area contributed by atoms with Crippen molar-refractivity contribution in [2.75, 3.05) is 7.11 Å². The molecular formula is C17H24N2O2. The molecule has 0 spiro atoms. The largest absolute Gasteiger partial charge is 0.497 e. The summed E-state index contributed by atoms with van der Waals surface area (Å²) in [5, 5.41) is 3.55. The van der Waals surface area contributed by atoms with Crippen LogP contribution in [-0.2, 0) is 4.79 Å². The summed E-state index contributed by atoms with van der Waals surface area (Å²) in [6.45, 7) is 6.28. The highest BCUT2D eigenvalue weighted by atomic mass is 16.5. The molecule has 1 amide bonds. The smallest absolute Gasteiger partial charge is 0.244 e. The molecule has 4 unspecified atom stereocenters. The van der Waals surface area contributed by atoms with Gasteiger partial charge in [0.25, 0.3) is 0 Å². The number of amides is 1. The van der Waals surface area contributed by atoms with E-state index in [0.717, 1.165) is 24.2 Å². The average Bonchev–Trinajstić information content (AvgIpc) is 3.15. The van der Waals surface area contributed by atoms with Gasteiger partial charge in [-0.05, 0) is 43.4 Å². The van der Waals surface area contributed by atoms with Gasteiger partial charge in [0, 0.05) is 6.04 Å². The van der Waals surface area contributed by atoms with Crippen molar-refractivity contribution >= 4 is 5.91 Å². The molecule has 4 heteroatoms. The summed E-state index contributed by atoms with van der Waals surface area (Å²) in [6, 6.07) is 8.37. The van der Waals surface area contributed by atoms with E-state index in [-0.39, 0.29) is 12.1 Å². The van der Waals surface area contributed by atoms with Gasteiger partial charge in [0.2, 0.25) is 5.91 Å². The van der Waals surface area contributed by atoms with Gasteiger partial charge in [-0.2, -0.15) is 0 Å². The second-order valence-electron chi connectivity index (χ2n) is 6.50. The maximum Gasteiger partial charge on any atom is 0.244 e. The van der Waals surface area contributed by atoms with Crippen molar-refractivity contribution in [3.8, 4) is 5.75 Å². The Labute approximate surface area is 126 Å². The first-order valence-corrected chi connectivity index (χ1v) is 7.74. The number of hydrogen-bond acceptors (Lipinski definition) is 3. The lowest BCUT2D eigenvalue weighted by molar-refractivity contribution is -0.133. The fourth-order valence-corrected chi connectivity index (χ4v) is 3.18. The van der Waals surface area contributed by atoms with Crippen molar-refractivity contribution in [3.05, 3.63) is 29.8 Å². The topological polar surface area (TPSA) is 41.6 Å². The lowest BCUT2D eigenvalue weighted by atomic mass is 9.99. The maximum absolute atomic E-state index is 12.9. The maximum atomic E-state index is 12.9. The number of methoxy groups -OCH3 is 1. The van der Waals surface area contributed by atoms with Crippen LogP contribution < -0.4 is 10.1 Å². The van der Waals surface area contributed by atoms with Crippen LogP contribution >= 0.6 is 0 Å². The lowest BCUT2D eigenvalue weighted by Gasteiger charge is -2.25. The van der Waals surface area contributed by atoms with Crippen molar-refractivity contribution in [3.63, 3.8) is 0 Å². The molecule has 4 nitrogen and oxygen atoms in total. The van der Waals surface area contributed by atoms with Gasteiger partial charge >= 0.3 is 0 Å². The minimum atomic E-state index is -0.462. The fourth-order valence-electron chi connectivity index (χ4n) is 3.18. The number of rotatable bonds is 4. The van der Waals surface area contributed by atoms with Crippen LogP contribution in [-0.4, -0.2) is 29.5 Å². The minimum Gasteiger partial charge on any atom is -0.497 e. The monoisotopic (exact) mass is 288 g/mol. The molecule has 1 N–H and O–H groups in total. The van der Waals surface area contributed by atoms with E-state index in [9.17, 15) is 4.79 Å². The van der Waals surface area contributed by atoms with Gasteiger partial charge in [0.05, 0.1) is 12.6 Å². The summed E-state index contributed by atoms with van der Waals surface area (Å²) in [5.74, 6) is 1.66. The van der Waals surface area contributed by atoms with Gasteiger partial charge in [0.15, 0.2) is 0 Å². The van der Waals surface area contributed by atoms with Crippen LogP contribution in [0.4, 0.5) is 0 Å². The molecule has 114 valence electrons. The normalized spacial score (nSPS) is 35.1. The zero-order valence-corrected chi connectivity index (χ0v) is 13.2. The predicted molar refractivity (Wildman–Crippen MR) is 82.0 cm³/mol. The first kappa shape index (κ1) is 14.4. The predicted octanol–water partition coefficient (Wildman–Crippen LogP) is 2.70. The Kier molecular flexibility index (Phi) is 3.44. The third-order valence-electron chi connectivity index (χ3n) is 4.98. The molecule has 2 aliphatic rings. The Morgan fingerprint density at radius 1 is 1.48 bits per heavy atom. The van der Waals surface area contributed by atoms with Crippen molar-refractivity contribution in [1.29, 1.82) is 0 Å². The summed E-state index contributed by atoms with van der Waals surface area (Å²) < 4.78 is 5.32. The molecule has 1 aliphatic carbocycles. The van der Waals surface area contributed by atoms with Crippen LogP contribution in [0.2, 0.25) is 0 Å². The standard InChI is InChI=1S/C17H24N2O2/c1-5-17(3)16(20)19(14-9-11(14)2)15(18-17)12-7-6-8-13(10-12)21-4/h6-8,10-11,14-15,18H,5,9H2,1-4H3. The zero-order chi connectivity index (χ0) is 15.2. The zero-order valence-electron chi connectivity index (χ0n) is 13.2. The van der Waals surface area contributed by atoms with Gasteiger partial charge in [-0.25, -0.2) is 0 Å². The van der Waals surface area contributed by atoms with E-state index in [2.05, 4.69) is 30.1 Å². The Bertz CT molecular complexity index is 559. The van der Waals surface area contributed by atoms with Gasteiger partial charge in [-0.15, -0.1) is 0 Å². The van der Waals surface area contributed by atoms with E-state index in [4.69, 9.17) is 4.74 Å². The lowest BCUT2D eigenvalue weighted by Crippen LogP contribution is -2.43. The highest BCUT2D eigenvalue weighted by molar-refractivity contribution is 5.89. The Morgan fingerprint density at radius 2 is 2.19 bits per heavy atom. The van der Waals surface area contributed by atoms with Crippen LogP contribution in [0.15, 0.2) is 24.3 Å². The van der Waals surface area contributed by atoms with Crippen molar-refractivity contribution in [1.82, 2.24) is 10.2 Å². The molecule has 1 heterocycles. The fraction of sp³-hybridized carbons (Fsp3) is 0.588.